The molecule has 2 fully saturated rings. The van der Waals surface area contributed by atoms with E-state index >= 15 is 0 Å². The third-order valence-electron chi connectivity index (χ3n) is 6.97. The van der Waals surface area contributed by atoms with E-state index < -0.39 is 0 Å². The topological polar surface area (TPSA) is 58.9 Å². The Hall–Kier alpha value is -2.35. The molecule has 33 heavy (non-hydrogen) atoms. The van der Waals surface area contributed by atoms with Gasteiger partial charge in [0.25, 0.3) is 5.91 Å². The Morgan fingerprint density at radius 1 is 1.06 bits per heavy atom. The molecule has 5 rings (SSSR count). The number of aromatic nitrogens is 2. The number of nitrogens with one attached hydrogen (secondary N) is 1. The lowest BCUT2D eigenvalue weighted by Gasteiger charge is -2.48. The van der Waals surface area contributed by atoms with E-state index in [4.69, 9.17) is 4.74 Å². The van der Waals surface area contributed by atoms with Crippen LogP contribution in [0.2, 0.25) is 0 Å². The molecule has 1 saturated heterocycles. The quantitative estimate of drug-likeness (QED) is 0.526. The van der Waals surface area contributed by atoms with Crippen molar-refractivity contribution in [1.29, 1.82) is 0 Å². The van der Waals surface area contributed by atoms with Crippen molar-refractivity contribution in [2.24, 2.45) is 0 Å². The highest BCUT2D eigenvalue weighted by Gasteiger charge is 2.38. The van der Waals surface area contributed by atoms with E-state index in [2.05, 4.69) is 21.4 Å². The Morgan fingerprint density at radius 3 is 2.67 bits per heavy atom. The number of rotatable bonds is 7. The maximum Gasteiger partial charge on any atom is 0.252 e. The van der Waals surface area contributed by atoms with Crippen molar-refractivity contribution in [1.82, 2.24) is 19.6 Å². The van der Waals surface area contributed by atoms with Crippen molar-refractivity contribution >= 4 is 23.3 Å². The van der Waals surface area contributed by atoms with Gasteiger partial charge in [-0.05, 0) is 37.1 Å². The number of hydrogen-bond donors (Lipinski definition) is 1. The summed E-state index contributed by atoms with van der Waals surface area (Å²) in [6.07, 6.45) is 10.1. The van der Waals surface area contributed by atoms with E-state index in [0.717, 1.165) is 66.7 Å². The van der Waals surface area contributed by atoms with Crippen molar-refractivity contribution in [3.63, 3.8) is 0 Å². The number of fused-ring (bicyclic) bond motifs is 1. The van der Waals surface area contributed by atoms with Crippen molar-refractivity contribution in [3.05, 3.63) is 66.1 Å². The number of morpholine rings is 1. The van der Waals surface area contributed by atoms with Crippen LogP contribution in [0.25, 0.3) is 5.65 Å². The zero-order valence-electron chi connectivity index (χ0n) is 19.0. The van der Waals surface area contributed by atoms with Gasteiger partial charge in [-0.15, -0.1) is 11.8 Å². The van der Waals surface area contributed by atoms with Crippen LogP contribution in [0.5, 0.6) is 0 Å². The van der Waals surface area contributed by atoms with Crippen LogP contribution in [0.3, 0.4) is 0 Å². The van der Waals surface area contributed by atoms with Gasteiger partial charge in [0.1, 0.15) is 5.65 Å². The summed E-state index contributed by atoms with van der Waals surface area (Å²) in [4.78, 5) is 21.6. The molecule has 1 saturated carbocycles. The van der Waals surface area contributed by atoms with E-state index in [-0.39, 0.29) is 11.4 Å². The van der Waals surface area contributed by atoms with Gasteiger partial charge in [-0.3, -0.25) is 9.69 Å². The minimum Gasteiger partial charge on any atom is -0.379 e. The molecule has 1 aliphatic carbocycles. The zero-order chi connectivity index (χ0) is 22.5. The third-order valence-corrected chi connectivity index (χ3v) is 8.07. The second-order valence-corrected chi connectivity index (χ2v) is 10.1. The van der Waals surface area contributed by atoms with Crippen LogP contribution in [0.4, 0.5) is 0 Å². The van der Waals surface area contributed by atoms with Crippen molar-refractivity contribution in [2.45, 2.75) is 48.3 Å². The molecule has 1 aliphatic heterocycles. The van der Waals surface area contributed by atoms with Gasteiger partial charge in [-0.25, -0.2) is 4.98 Å². The molecular weight excluding hydrogens is 432 g/mol. The third kappa shape index (κ3) is 5.10. The van der Waals surface area contributed by atoms with E-state index in [1.807, 2.05) is 53.1 Å². The average molecular weight is 465 g/mol. The zero-order valence-corrected chi connectivity index (χ0v) is 19.9. The van der Waals surface area contributed by atoms with Gasteiger partial charge in [-0.1, -0.05) is 37.5 Å². The van der Waals surface area contributed by atoms with E-state index in [9.17, 15) is 4.79 Å². The lowest BCUT2D eigenvalue weighted by atomic mass is 9.79. The minimum absolute atomic E-state index is 0.0197. The van der Waals surface area contributed by atoms with Gasteiger partial charge in [-0.2, -0.15) is 0 Å². The van der Waals surface area contributed by atoms with Crippen molar-refractivity contribution in [3.8, 4) is 0 Å². The summed E-state index contributed by atoms with van der Waals surface area (Å²) in [7, 11) is 0. The molecule has 0 radical (unpaired) electrons. The van der Waals surface area contributed by atoms with Gasteiger partial charge in [0.2, 0.25) is 0 Å². The van der Waals surface area contributed by atoms with Crippen LogP contribution in [0.1, 0.15) is 48.2 Å². The van der Waals surface area contributed by atoms with Crippen LogP contribution in [0, 0.1) is 0 Å². The van der Waals surface area contributed by atoms with Crippen LogP contribution in [-0.4, -0.2) is 58.6 Å². The predicted molar refractivity (Wildman–Crippen MR) is 132 cm³/mol. The Balaban J connectivity index is 1.26. The number of ether oxygens (including phenoxy) is 1. The van der Waals surface area contributed by atoms with Gasteiger partial charge >= 0.3 is 0 Å². The summed E-state index contributed by atoms with van der Waals surface area (Å²) in [5, 5.41) is 3.31. The maximum atomic E-state index is 13.3. The Bertz CT molecular complexity index is 1050. The van der Waals surface area contributed by atoms with Crippen LogP contribution in [0.15, 0.2) is 59.8 Å². The molecule has 3 aromatic rings. The highest BCUT2D eigenvalue weighted by atomic mass is 32.2. The molecule has 2 aromatic heterocycles. The lowest BCUT2D eigenvalue weighted by molar-refractivity contribution is -0.0361. The van der Waals surface area contributed by atoms with Crippen LogP contribution >= 0.6 is 11.8 Å². The van der Waals surface area contributed by atoms with Crippen molar-refractivity contribution in [2.75, 3.05) is 32.8 Å². The van der Waals surface area contributed by atoms with E-state index in [1.165, 1.54) is 19.3 Å². The molecular formula is C26H32N4O2S. The second kappa shape index (κ2) is 10.3. The molecule has 1 N–H and O–H groups in total. The molecule has 6 nitrogen and oxygen atoms in total. The first kappa shape index (κ1) is 22.4. The first-order valence-electron chi connectivity index (χ1n) is 12.0. The molecule has 1 aromatic carbocycles. The summed E-state index contributed by atoms with van der Waals surface area (Å²) < 4.78 is 7.62. The fraction of sp³-hybridized carbons (Fsp3) is 0.462. The smallest absolute Gasteiger partial charge is 0.252 e. The van der Waals surface area contributed by atoms with Crippen LogP contribution < -0.4 is 5.32 Å². The molecule has 1 amide bonds. The summed E-state index contributed by atoms with van der Waals surface area (Å²) in [6.45, 7) is 4.20. The number of carbonyl (C=O) groups is 1. The minimum atomic E-state index is 0.0197. The first-order valence-corrected chi connectivity index (χ1v) is 13.0. The fourth-order valence-electron chi connectivity index (χ4n) is 5.18. The highest BCUT2D eigenvalue weighted by molar-refractivity contribution is 7.98. The molecule has 7 heteroatoms. The van der Waals surface area contributed by atoms with E-state index in [1.54, 1.807) is 11.8 Å². The normalized spacial score (nSPS) is 18.9. The Kier molecular flexibility index (Phi) is 6.99. The number of carbonyl (C=O) groups excluding carboxylic acids is 1. The molecule has 174 valence electrons. The monoisotopic (exact) mass is 464 g/mol. The number of hydrogen-bond acceptors (Lipinski definition) is 5. The first-order chi connectivity index (χ1) is 16.2. The summed E-state index contributed by atoms with van der Waals surface area (Å²) in [5.41, 5.74) is 2.77. The maximum absolute atomic E-state index is 13.3. The summed E-state index contributed by atoms with van der Waals surface area (Å²) >= 11 is 1.67. The van der Waals surface area contributed by atoms with Crippen molar-refractivity contribution < 1.29 is 9.53 Å². The largest absolute Gasteiger partial charge is 0.379 e. The molecule has 0 atom stereocenters. The SMILES string of the molecule is O=C(NCC1(N2CCOCC2)CCCCC1)c1ccccc1SCc1cn2ccccc2n1. The number of thioether (sulfide) groups is 1. The number of pyridine rings is 1. The number of amides is 1. The van der Waals surface area contributed by atoms with Gasteiger partial charge in [0, 0.05) is 48.2 Å². The lowest BCUT2D eigenvalue weighted by Crippen LogP contribution is -2.59. The Morgan fingerprint density at radius 2 is 1.85 bits per heavy atom. The van der Waals surface area contributed by atoms with Gasteiger partial charge in [0.05, 0.1) is 24.5 Å². The summed E-state index contributed by atoms with van der Waals surface area (Å²) in [6, 6.07) is 13.9. The van der Waals surface area contributed by atoms with E-state index in [0.29, 0.717) is 6.54 Å². The molecule has 3 heterocycles. The molecule has 0 unspecified atom stereocenters. The molecule has 2 aliphatic rings. The number of benzene rings is 1. The average Bonchev–Trinajstić information content (AvgIpc) is 3.30. The fourth-order valence-corrected chi connectivity index (χ4v) is 6.11. The Labute approximate surface area is 199 Å². The standard InChI is InChI=1S/C26H32N4O2S/c31-25(27-20-26(11-5-1-6-12-26)30-14-16-32-17-15-30)22-8-2-3-9-23(22)33-19-21-18-29-13-7-4-10-24(29)28-21/h2-4,7-10,13,18H,1,5-6,11-12,14-17,19-20H2,(H,27,31). The highest BCUT2D eigenvalue weighted by Crippen LogP contribution is 2.34. The van der Waals surface area contributed by atoms with Gasteiger partial charge < -0.3 is 14.5 Å². The predicted octanol–water partition coefficient (Wildman–Crippen LogP) is 4.39. The molecule has 0 spiro atoms. The number of imidazole rings is 1. The second-order valence-electron chi connectivity index (χ2n) is 9.05. The van der Waals surface area contributed by atoms with Gasteiger partial charge in [0.15, 0.2) is 0 Å². The van der Waals surface area contributed by atoms with Crippen LogP contribution in [-0.2, 0) is 10.5 Å². The molecule has 0 bridgehead atoms. The number of nitrogens with zero attached hydrogens (tertiary/aromatic N) is 3. The summed E-state index contributed by atoms with van der Waals surface area (Å²) in [5.74, 6) is 0.746.